The predicted molar refractivity (Wildman–Crippen MR) is 112 cm³/mol. The first-order valence-corrected chi connectivity index (χ1v) is 9.10. The van der Waals surface area contributed by atoms with Crippen molar-refractivity contribution in [3.63, 3.8) is 0 Å². The van der Waals surface area contributed by atoms with Crippen LogP contribution in [-0.4, -0.2) is 10.8 Å². The molecule has 0 atom stereocenters. The van der Waals surface area contributed by atoms with Crippen molar-refractivity contribution in [3.05, 3.63) is 105 Å². The molecule has 7 nitrogen and oxygen atoms in total. The van der Waals surface area contributed by atoms with Gasteiger partial charge in [-0.25, -0.2) is 4.39 Å². The lowest BCUT2D eigenvalue weighted by Crippen LogP contribution is -2.14. The van der Waals surface area contributed by atoms with Gasteiger partial charge in [-0.1, -0.05) is 24.3 Å². The Kier molecular flexibility index (Phi) is 6.71. The van der Waals surface area contributed by atoms with Gasteiger partial charge in [0.05, 0.1) is 10.6 Å². The van der Waals surface area contributed by atoms with E-state index in [0.717, 1.165) is 5.56 Å². The van der Waals surface area contributed by atoms with Crippen LogP contribution in [0.2, 0.25) is 0 Å². The summed E-state index contributed by atoms with van der Waals surface area (Å²) in [4.78, 5) is 22.5. The Morgan fingerprint density at radius 3 is 2.39 bits per heavy atom. The lowest BCUT2D eigenvalue weighted by atomic mass is 10.1. The average molecular weight is 417 g/mol. The number of nitrogens with zero attached hydrogens (tertiary/aromatic N) is 2. The second-order valence-electron chi connectivity index (χ2n) is 6.39. The van der Waals surface area contributed by atoms with E-state index in [-0.39, 0.29) is 23.6 Å². The Morgan fingerprint density at radius 2 is 1.77 bits per heavy atom. The van der Waals surface area contributed by atoms with E-state index in [1.54, 1.807) is 42.5 Å². The zero-order valence-corrected chi connectivity index (χ0v) is 16.1. The maximum absolute atomic E-state index is 13.7. The van der Waals surface area contributed by atoms with Crippen molar-refractivity contribution in [3.8, 4) is 11.8 Å². The van der Waals surface area contributed by atoms with Crippen molar-refractivity contribution in [2.75, 3.05) is 5.32 Å². The standard InChI is InChI=1S/C23H16FN3O4/c24-21-3-1-2-4-22(21)26-23(28)18(14-25)13-16-7-11-20(12-8-16)31-15-17-5-9-19(10-6-17)27(29)30/h1-13H,15H2,(H,26,28)/b18-13+. The number of para-hydroxylation sites is 1. The van der Waals surface area contributed by atoms with Crippen molar-refractivity contribution >= 4 is 23.4 Å². The summed E-state index contributed by atoms with van der Waals surface area (Å²) in [6.07, 6.45) is 1.39. The number of ether oxygens (including phenoxy) is 1. The van der Waals surface area contributed by atoms with Gasteiger partial charge in [0, 0.05) is 12.1 Å². The number of hydrogen-bond donors (Lipinski definition) is 1. The van der Waals surface area contributed by atoms with E-state index in [0.29, 0.717) is 11.3 Å². The number of halogens is 1. The van der Waals surface area contributed by atoms with Crippen molar-refractivity contribution in [2.24, 2.45) is 0 Å². The molecule has 0 aromatic heterocycles. The summed E-state index contributed by atoms with van der Waals surface area (Å²) < 4.78 is 19.3. The van der Waals surface area contributed by atoms with Gasteiger partial charge in [0.25, 0.3) is 11.6 Å². The Balaban J connectivity index is 1.63. The first kappa shape index (κ1) is 21.2. The predicted octanol–water partition coefficient (Wildman–Crippen LogP) is 4.86. The fourth-order valence-electron chi connectivity index (χ4n) is 2.61. The maximum atomic E-state index is 13.7. The molecule has 0 bridgehead atoms. The van der Waals surface area contributed by atoms with Gasteiger partial charge < -0.3 is 10.1 Å². The molecule has 0 radical (unpaired) electrons. The molecule has 0 fully saturated rings. The van der Waals surface area contributed by atoms with E-state index in [4.69, 9.17) is 4.74 Å². The van der Waals surface area contributed by atoms with Crippen molar-refractivity contribution < 1.29 is 18.8 Å². The summed E-state index contributed by atoms with van der Waals surface area (Å²) in [5.41, 5.74) is 1.17. The molecule has 0 spiro atoms. The van der Waals surface area contributed by atoms with Gasteiger partial charge in [0.15, 0.2) is 0 Å². The van der Waals surface area contributed by atoms with E-state index >= 15 is 0 Å². The fourth-order valence-corrected chi connectivity index (χ4v) is 2.61. The second-order valence-corrected chi connectivity index (χ2v) is 6.39. The first-order valence-electron chi connectivity index (χ1n) is 9.10. The third-order valence-electron chi connectivity index (χ3n) is 4.23. The smallest absolute Gasteiger partial charge is 0.269 e. The number of benzene rings is 3. The molecular formula is C23H16FN3O4. The number of nitriles is 1. The van der Waals surface area contributed by atoms with Gasteiger partial charge in [0.1, 0.15) is 29.8 Å². The van der Waals surface area contributed by atoms with Gasteiger partial charge in [-0.05, 0) is 53.6 Å². The van der Waals surface area contributed by atoms with Crippen LogP contribution in [0.25, 0.3) is 6.08 Å². The Hall–Kier alpha value is -4.51. The number of anilines is 1. The van der Waals surface area contributed by atoms with E-state index in [1.807, 2.05) is 6.07 Å². The fraction of sp³-hybridized carbons (Fsp3) is 0.0435. The average Bonchev–Trinajstić information content (AvgIpc) is 2.78. The van der Waals surface area contributed by atoms with Crippen LogP contribution in [0, 0.1) is 27.3 Å². The van der Waals surface area contributed by atoms with Crippen LogP contribution in [0.3, 0.4) is 0 Å². The molecule has 0 unspecified atom stereocenters. The third kappa shape index (κ3) is 5.74. The Bertz CT molecular complexity index is 1170. The van der Waals surface area contributed by atoms with Crippen molar-refractivity contribution in [1.82, 2.24) is 0 Å². The maximum Gasteiger partial charge on any atom is 0.269 e. The summed E-state index contributed by atoms with van der Waals surface area (Å²) in [6, 6.07) is 20.2. The second kappa shape index (κ2) is 9.80. The molecule has 0 aliphatic rings. The minimum Gasteiger partial charge on any atom is -0.489 e. The number of nitro benzene ring substituents is 1. The Labute approximate surface area is 177 Å². The number of nitro groups is 1. The van der Waals surface area contributed by atoms with E-state index in [1.165, 1.54) is 36.4 Å². The molecule has 31 heavy (non-hydrogen) atoms. The highest BCUT2D eigenvalue weighted by Crippen LogP contribution is 2.19. The molecule has 0 saturated heterocycles. The van der Waals surface area contributed by atoms with Gasteiger partial charge in [-0.2, -0.15) is 5.26 Å². The zero-order valence-electron chi connectivity index (χ0n) is 16.1. The summed E-state index contributed by atoms with van der Waals surface area (Å²) in [5, 5.41) is 22.3. The number of hydrogen-bond acceptors (Lipinski definition) is 5. The lowest BCUT2D eigenvalue weighted by molar-refractivity contribution is -0.384. The largest absolute Gasteiger partial charge is 0.489 e. The number of rotatable bonds is 7. The minimum atomic E-state index is -0.717. The summed E-state index contributed by atoms with van der Waals surface area (Å²) in [6.45, 7) is 0.224. The lowest BCUT2D eigenvalue weighted by Gasteiger charge is -2.07. The molecule has 8 heteroatoms. The van der Waals surface area contributed by atoms with Crippen molar-refractivity contribution in [1.29, 1.82) is 5.26 Å². The van der Waals surface area contributed by atoms with Crippen LogP contribution in [-0.2, 0) is 11.4 Å². The van der Waals surface area contributed by atoms with Gasteiger partial charge in [0.2, 0.25) is 0 Å². The van der Waals surface area contributed by atoms with Gasteiger partial charge in [-0.3, -0.25) is 14.9 Å². The quantitative estimate of drug-likeness (QED) is 0.256. The molecule has 0 saturated carbocycles. The number of nitrogens with one attached hydrogen (secondary N) is 1. The summed E-state index contributed by atoms with van der Waals surface area (Å²) in [7, 11) is 0. The molecule has 1 N–H and O–H groups in total. The molecule has 1 amide bonds. The van der Waals surface area contributed by atoms with E-state index in [9.17, 15) is 24.6 Å². The van der Waals surface area contributed by atoms with Crippen LogP contribution >= 0.6 is 0 Å². The topological polar surface area (TPSA) is 105 Å². The number of amides is 1. The molecule has 3 aromatic rings. The zero-order chi connectivity index (χ0) is 22.2. The Morgan fingerprint density at radius 1 is 1.10 bits per heavy atom. The van der Waals surface area contributed by atoms with Crippen LogP contribution in [0.4, 0.5) is 15.8 Å². The summed E-state index contributed by atoms with van der Waals surface area (Å²) >= 11 is 0. The summed E-state index contributed by atoms with van der Waals surface area (Å²) in [5.74, 6) is -0.765. The highest BCUT2D eigenvalue weighted by atomic mass is 19.1. The molecule has 154 valence electrons. The molecule has 3 aromatic carbocycles. The van der Waals surface area contributed by atoms with E-state index < -0.39 is 16.6 Å². The van der Waals surface area contributed by atoms with Crippen LogP contribution in [0.1, 0.15) is 11.1 Å². The van der Waals surface area contributed by atoms with Gasteiger partial charge >= 0.3 is 0 Å². The van der Waals surface area contributed by atoms with Crippen LogP contribution < -0.4 is 10.1 Å². The first-order chi connectivity index (χ1) is 15.0. The van der Waals surface area contributed by atoms with Crippen LogP contribution in [0.5, 0.6) is 5.75 Å². The monoisotopic (exact) mass is 417 g/mol. The van der Waals surface area contributed by atoms with Crippen molar-refractivity contribution in [2.45, 2.75) is 6.61 Å². The minimum absolute atomic E-state index is 0.00669. The molecule has 0 aliphatic carbocycles. The highest BCUT2D eigenvalue weighted by molar-refractivity contribution is 6.09. The number of carbonyl (C=O) groups excluding carboxylic acids is 1. The number of carbonyl (C=O) groups is 1. The molecule has 3 rings (SSSR count). The van der Waals surface area contributed by atoms with E-state index in [2.05, 4.69) is 5.32 Å². The highest BCUT2D eigenvalue weighted by Gasteiger charge is 2.12. The number of non-ortho nitro benzene ring substituents is 1. The normalized spacial score (nSPS) is 10.8. The van der Waals surface area contributed by atoms with Crippen LogP contribution in [0.15, 0.2) is 78.4 Å². The SMILES string of the molecule is N#C/C(=C\c1ccc(OCc2ccc([N+](=O)[O-])cc2)cc1)C(=O)Nc1ccccc1F. The third-order valence-corrected chi connectivity index (χ3v) is 4.23. The van der Waals surface area contributed by atoms with Gasteiger partial charge in [-0.15, -0.1) is 0 Å². The molecule has 0 heterocycles. The molecular weight excluding hydrogens is 401 g/mol. The molecule has 0 aliphatic heterocycles.